The maximum absolute atomic E-state index is 6.14. The predicted molar refractivity (Wildman–Crippen MR) is 99.7 cm³/mol. The molecule has 6 nitrogen and oxygen atoms in total. The van der Waals surface area contributed by atoms with E-state index in [-0.39, 0.29) is 0 Å². The summed E-state index contributed by atoms with van der Waals surface area (Å²) in [6.07, 6.45) is 3.33. The lowest BCUT2D eigenvalue weighted by Gasteiger charge is -2.10. The minimum atomic E-state index is 0.450. The fourth-order valence-electron chi connectivity index (χ4n) is 2.98. The minimum absolute atomic E-state index is 0.450. The highest BCUT2D eigenvalue weighted by atomic mass is 17.2. The van der Waals surface area contributed by atoms with Gasteiger partial charge in [0.25, 0.3) is 0 Å². The van der Waals surface area contributed by atoms with Gasteiger partial charge in [-0.15, -0.1) is 0 Å². The topological polar surface area (TPSA) is 82.3 Å². The summed E-state index contributed by atoms with van der Waals surface area (Å²) < 4.78 is 0. The molecule has 0 spiro atoms. The Kier molecular flexibility index (Phi) is 4.66. The lowest BCUT2D eigenvalue weighted by atomic mass is 10.0. The maximum Gasteiger partial charge on any atom is 0.224 e. The molecule has 0 unspecified atom stereocenters. The fourth-order valence-corrected chi connectivity index (χ4v) is 2.98. The Balaban J connectivity index is 1.41. The number of anilines is 2. The Morgan fingerprint density at radius 3 is 2.77 bits per heavy atom. The molecule has 0 aliphatic carbocycles. The van der Waals surface area contributed by atoms with Crippen LogP contribution in [-0.4, -0.2) is 16.5 Å². The third-order valence-corrected chi connectivity index (χ3v) is 4.40. The number of rotatable bonds is 6. The van der Waals surface area contributed by atoms with Crippen LogP contribution in [0.2, 0.25) is 0 Å². The Hall–Kier alpha value is -3.12. The summed E-state index contributed by atoms with van der Waals surface area (Å²) >= 11 is 0. The molecule has 2 aromatic carbocycles. The molecule has 0 saturated carbocycles. The highest BCUT2D eigenvalue weighted by Gasteiger charge is 2.18. The first kappa shape index (κ1) is 16.4. The van der Waals surface area contributed by atoms with Gasteiger partial charge in [-0.3, -0.25) is 0 Å². The first-order valence-corrected chi connectivity index (χ1v) is 8.59. The molecule has 2 heterocycles. The van der Waals surface area contributed by atoms with E-state index in [0.29, 0.717) is 24.8 Å². The van der Waals surface area contributed by atoms with Gasteiger partial charge in [0.2, 0.25) is 5.95 Å². The highest BCUT2D eigenvalue weighted by Crippen LogP contribution is 2.30. The molecule has 0 amide bonds. The van der Waals surface area contributed by atoms with Gasteiger partial charge < -0.3 is 15.9 Å². The van der Waals surface area contributed by atoms with Crippen LogP contribution >= 0.6 is 0 Å². The van der Waals surface area contributed by atoms with Gasteiger partial charge in [0.15, 0.2) is 5.75 Å². The van der Waals surface area contributed by atoms with Crippen LogP contribution in [0.1, 0.15) is 22.3 Å². The van der Waals surface area contributed by atoms with E-state index in [2.05, 4.69) is 27.4 Å². The van der Waals surface area contributed by atoms with E-state index in [4.69, 9.17) is 15.5 Å². The summed E-state index contributed by atoms with van der Waals surface area (Å²) in [5.74, 6) is 1.80. The lowest BCUT2D eigenvalue weighted by molar-refractivity contribution is -0.194. The lowest BCUT2D eigenvalue weighted by Crippen LogP contribution is -2.10. The Labute approximate surface area is 151 Å². The molecular formula is C20H20N4O2. The third kappa shape index (κ3) is 3.60. The average molecular weight is 348 g/mol. The molecule has 132 valence electrons. The summed E-state index contributed by atoms with van der Waals surface area (Å²) in [5.41, 5.74) is 10.5. The molecule has 3 N–H and O–H groups in total. The number of nitrogens with zero attached hydrogens (tertiary/aromatic N) is 2. The molecule has 26 heavy (non-hydrogen) atoms. The van der Waals surface area contributed by atoms with E-state index in [1.54, 1.807) is 6.20 Å². The first-order chi connectivity index (χ1) is 12.8. The molecule has 4 rings (SSSR count). The predicted octanol–water partition coefficient (Wildman–Crippen LogP) is 3.13. The molecular weight excluding hydrogens is 328 g/mol. The Morgan fingerprint density at radius 2 is 1.92 bits per heavy atom. The number of fused-ring (bicyclic) bond motifs is 1. The van der Waals surface area contributed by atoms with Crippen molar-refractivity contribution in [1.29, 1.82) is 0 Å². The van der Waals surface area contributed by atoms with E-state index in [9.17, 15) is 0 Å². The van der Waals surface area contributed by atoms with Gasteiger partial charge in [0.1, 0.15) is 12.4 Å². The second kappa shape index (κ2) is 7.41. The number of aromatic nitrogens is 2. The van der Waals surface area contributed by atoms with E-state index in [1.165, 1.54) is 5.56 Å². The molecule has 0 bridgehead atoms. The van der Waals surface area contributed by atoms with Crippen LogP contribution in [0, 0.1) is 0 Å². The number of hydrogen-bond donors (Lipinski definition) is 2. The Morgan fingerprint density at radius 1 is 1.04 bits per heavy atom. The summed E-state index contributed by atoms with van der Waals surface area (Å²) in [7, 11) is 0. The van der Waals surface area contributed by atoms with E-state index in [1.807, 2.05) is 36.4 Å². The quantitative estimate of drug-likeness (QED) is 0.666. The SMILES string of the molecule is Nc1nc(NCCc2ccccc2)ncc1Cc1cccc2c1COO2. The van der Waals surface area contributed by atoms with Crippen LogP contribution in [0.15, 0.2) is 54.7 Å². The van der Waals surface area contributed by atoms with Crippen molar-refractivity contribution < 1.29 is 9.78 Å². The summed E-state index contributed by atoms with van der Waals surface area (Å²) in [6.45, 7) is 1.20. The van der Waals surface area contributed by atoms with Gasteiger partial charge in [0.05, 0.1) is 0 Å². The van der Waals surface area contributed by atoms with Crippen LogP contribution in [0.3, 0.4) is 0 Å². The second-order valence-corrected chi connectivity index (χ2v) is 6.18. The molecule has 0 saturated heterocycles. The van der Waals surface area contributed by atoms with E-state index >= 15 is 0 Å². The van der Waals surface area contributed by atoms with Crippen LogP contribution in [0.5, 0.6) is 5.75 Å². The van der Waals surface area contributed by atoms with Crippen LogP contribution in [0.4, 0.5) is 11.8 Å². The molecule has 6 heteroatoms. The van der Waals surface area contributed by atoms with Gasteiger partial charge >= 0.3 is 0 Å². The zero-order valence-electron chi connectivity index (χ0n) is 14.3. The van der Waals surface area contributed by atoms with Crippen molar-refractivity contribution in [3.8, 4) is 5.75 Å². The number of hydrogen-bond acceptors (Lipinski definition) is 6. The van der Waals surface area contributed by atoms with Crippen molar-refractivity contribution in [3.63, 3.8) is 0 Å². The van der Waals surface area contributed by atoms with Crippen LogP contribution in [0.25, 0.3) is 0 Å². The molecule has 3 aromatic rings. The zero-order valence-corrected chi connectivity index (χ0v) is 14.3. The van der Waals surface area contributed by atoms with Crippen molar-refractivity contribution in [1.82, 2.24) is 9.97 Å². The van der Waals surface area contributed by atoms with Crippen molar-refractivity contribution in [3.05, 3.63) is 77.0 Å². The smallest absolute Gasteiger partial charge is 0.224 e. The fraction of sp³-hybridized carbons (Fsp3) is 0.200. The van der Waals surface area contributed by atoms with Gasteiger partial charge in [-0.05, 0) is 23.6 Å². The first-order valence-electron chi connectivity index (χ1n) is 8.59. The number of nitrogens with one attached hydrogen (secondary N) is 1. The minimum Gasteiger partial charge on any atom is -0.383 e. The molecule has 1 aliphatic heterocycles. The van der Waals surface area contributed by atoms with Gasteiger partial charge in [0, 0.05) is 30.3 Å². The van der Waals surface area contributed by atoms with Crippen LogP contribution in [-0.2, 0) is 24.3 Å². The number of nitrogens with two attached hydrogens (primary N) is 1. The van der Waals surface area contributed by atoms with E-state index < -0.39 is 0 Å². The summed E-state index contributed by atoms with van der Waals surface area (Å²) in [4.78, 5) is 19.0. The van der Waals surface area contributed by atoms with Crippen molar-refractivity contribution in [2.45, 2.75) is 19.4 Å². The molecule has 0 radical (unpaired) electrons. The maximum atomic E-state index is 6.14. The van der Waals surface area contributed by atoms with Gasteiger partial charge in [-0.1, -0.05) is 42.5 Å². The largest absolute Gasteiger partial charge is 0.383 e. The van der Waals surface area contributed by atoms with Crippen LogP contribution < -0.4 is 15.9 Å². The molecule has 0 atom stereocenters. The highest BCUT2D eigenvalue weighted by molar-refractivity contribution is 5.49. The monoisotopic (exact) mass is 348 g/mol. The molecule has 1 aromatic heterocycles. The zero-order chi connectivity index (χ0) is 17.8. The van der Waals surface area contributed by atoms with Crippen molar-refractivity contribution in [2.24, 2.45) is 0 Å². The number of nitrogen functional groups attached to an aromatic ring is 1. The Bertz CT molecular complexity index is 900. The average Bonchev–Trinajstić information content (AvgIpc) is 3.14. The summed E-state index contributed by atoms with van der Waals surface area (Å²) in [5, 5.41) is 3.22. The summed E-state index contributed by atoms with van der Waals surface area (Å²) in [6, 6.07) is 16.2. The normalized spacial score (nSPS) is 12.5. The van der Waals surface area contributed by atoms with E-state index in [0.717, 1.165) is 35.4 Å². The molecule has 0 fully saturated rings. The van der Waals surface area contributed by atoms with Gasteiger partial charge in [-0.2, -0.15) is 9.87 Å². The second-order valence-electron chi connectivity index (χ2n) is 6.18. The third-order valence-electron chi connectivity index (χ3n) is 4.40. The van der Waals surface area contributed by atoms with Crippen molar-refractivity contribution >= 4 is 11.8 Å². The van der Waals surface area contributed by atoms with Gasteiger partial charge in [-0.25, -0.2) is 4.98 Å². The standard InChI is InChI=1S/C20H20N4O2/c21-19-16(11-15-7-4-8-18-17(15)13-25-26-18)12-23-20(24-19)22-10-9-14-5-2-1-3-6-14/h1-8,12H,9-11,13H2,(H3,21,22,23,24). The number of benzene rings is 2. The molecule has 1 aliphatic rings. The van der Waals surface area contributed by atoms with Crippen molar-refractivity contribution in [2.75, 3.05) is 17.6 Å².